The quantitative estimate of drug-likeness (QED) is 0.0261. The molecule has 0 aliphatic rings. The first-order chi connectivity index (χ1) is 38.5. The van der Waals surface area contributed by atoms with Crippen LogP contribution in [0.1, 0.15) is 323 Å². The predicted octanol–water partition coefficient (Wildman–Crippen LogP) is 22.8. The van der Waals surface area contributed by atoms with Crippen LogP contribution in [-0.2, 0) is 28.6 Å². The van der Waals surface area contributed by atoms with Crippen LogP contribution in [0.5, 0.6) is 0 Å². The summed E-state index contributed by atoms with van der Waals surface area (Å²) in [6.07, 6.45) is 88.3. The van der Waals surface area contributed by atoms with E-state index in [1.54, 1.807) is 0 Å². The Morgan fingerprint density at radius 3 is 0.795 bits per heavy atom. The van der Waals surface area contributed by atoms with Gasteiger partial charge in [0.1, 0.15) is 13.2 Å². The highest BCUT2D eigenvalue weighted by Gasteiger charge is 2.19. The van der Waals surface area contributed by atoms with Crippen molar-refractivity contribution in [2.45, 2.75) is 329 Å². The van der Waals surface area contributed by atoms with E-state index < -0.39 is 6.10 Å². The summed E-state index contributed by atoms with van der Waals surface area (Å²) in [5, 5.41) is 0. The first-order valence-corrected chi connectivity index (χ1v) is 33.2. The summed E-state index contributed by atoms with van der Waals surface area (Å²) in [4.78, 5) is 38.4. The third kappa shape index (κ3) is 63.2. The van der Waals surface area contributed by atoms with Crippen LogP contribution in [0.25, 0.3) is 0 Å². The van der Waals surface area contributed by atoms with Crippen molar-refractivity contribution in [3.63, 3.8) is 0 Å². The molecule has 0 bridgehead atoms. The Morgan fingerprint density at radius 2 is 0.500 bits per heavy atom. The van der Waals surface area contributed by atoms with Gasteiger partial charge in [-0.2, -0.15) is 0 Å². The van der Waals surface area contributed by atoms with Crippen LogP contribution in [0.2, 0.25) is 0 Å². The Bertz CT molecular complexity index is 1530. The van der Waals surface area contributed by atoms with Gasteiger partial charge in [0.2, 0.25) is 0 Å². The maximum atomic E-state index is 12.9. The average molecular weight is 1090 g/mol. The van der Waals surface area contributed by atoms with Crippen molar-refractivity contribution < 1.29 is 28.6 Å². The molecule has 0 saturated carbocycles. The van der Waals surface area contributed by atoms with Crippen LogP contribution in [0.3, 0.4) is 0 Å². The van der Waals surface area contributed by atoms with Gasteiger partial charge >= 0.3 is 17.9 Å². The van der Waals surface area contributed by atoms with Gasteiger partial charge in [0.25, 0.3) is 0 Å². The first kappa shape index (κ1) is 74.3. The van der Waals surface area contributed by atoms with Gasteiger partial charge in [-0.05, 0) is 122 Å². The van der Waals surface area contributed by atoms with E-state index in [0.717, 1.165) is 116 Å². The van der Waals surface area contributed by atoms with E-state index in [0.29, 0.717) is 19.3 Å². The summed E-state index contributed by atoms with van der Waals surface area (Å²) in [5.74, 6) is -0.903. The van der Waals surface area contributed by atoms with Crippen LogP contribution >= 0.6 is 0 Å². The van der Waals surface area contributed by atoms with E-state index in [1.165, 1.54) is 167 Å². The lowest BCUT2D eigenvalue weighted by molar-refractivity contribution is -0.167. The average Bonchev–Trinajstić information content (AvgIpc) is 3.44. The molecule has 448 valence electrons. The van der Waals surface area contributed by atoms with E-state index in [9.17, 15) is 14.4 Å². The van der Waals surface area contributed by atoms with E-state index >= 15 is 0 Å². The molecule has 0 radical (unpaired) electrons. The van der Waals surface area contributed by atoms with E-state index in [2.05, 4.69) is 118 Å². The van der Waals surface area contributed by atoms with Crippen molar-refractivity contribution in [2.24, 2.45) is 0 Å². The molecule has 0 aromatic heterocycles. The summed E-state index contributed by atoms with van der Waals surface area (Å²) in [6.45, 7) is 6.52. The van der Waals surface area contributed by atoms with Crippen molar-refractivity contribution in [3.05, 3.63) is 97.2 Å². The van der Waals surface area contributed by atoms with Crippen LogP contribution in [0.4, 0.5) is 0 Å². The zero-order chi connectivity index (χ0) is 56.4. The molecule has 0 fully saturated rings. The molecule has 0 aromatic carbocycles. The molecule has 0 aliphatic heterocycles. The zero-order valence-electron chi connectivity index (χ0n) is 51.4. The summed E-state index contributed by atoms with van der Waals surface area (Å²) >= 11 is 0. The third-order valence-corrected chi connectivity index (χ3v) is 14.3. The Balaban J connectivity index is 4.43. The number of esters is 3. The fourth-order valence-corrected chi connectivity index (χ4v) is 9.32. The lowest BCUT2D eigenvalue weighted by atomic mass is 10.1. The summed E-state index contributed by atoms with van der Waals surface area (Å²) < 4.78 is 17.0. The zero-order valence-corrected chi connectivity index (χ0v) is 51.4. The number of carbonyl (C=O) groups excluding carboxylic acids is 3. The molecule has 0 rings (SSSR count). The topological polar surface area (TPSA) is 78.9 Å². The largest absolute Gasteiger partial charge is 0.462 e. The molecule has 0 aliphatic carbocycles. The molecule has 0 saturated heterocycles. The number of allylic oxidation sites excluding steroid dienone is 16. The summed E-state index contributed by atoms with van der Waals surface area (Å²) in [6, 6.07) is 0. The number of unbranched alkanes of at least 4 members (excludes halogenated alkanes) is 33. The normalized spacial score (nSPS) is 12.7. The van der Waals surface area contributed by atoms with Gasteiger partial charge in [0.15, 0.2) is 6.10 Å². The van der Waals surface area contributed by atoms with Crippen molar-refractivity contribution in [2.75, 3.05) is 13.2 Å². The molecule has 0 heterocycles. The molecular formula is C72H124O6. The van der Waals surface area contributed by atoms with Gasteiger partial charge in [-0.1, -0.05) is 279 Å². The monoisotopic (exact) mass is 1080 g/mol. The van der Waals surface area contributed by atoms with Gasteiger partial charge in [-0.15, -0.1) is 0 Å². The Hall–Kier alpha value is -3.67. The number of carbonyl (C=O) groups is 3. The molecule has 6 nitrogen and oxygen atoms in total. The molecule has 1 atom stereocenters. The van der Waals surface area contributed by atoms with E-state index in [-0.39, 0.29) is 31.1 Å². The second-order valence-corrected chi connectivity index (χ2v) is 22.0. The van der Waals surface area contributed by atoms with Crippen LogP contribution in [0.15, 0.2) is 97.2 Å². The fourth-order valence-electron chi connectivity index (χ4n) is 9.32. The lowest BCUT2D eigenvalue weighted by Gasteiger charge is -2.18. The first-order valence-electron chi connectivity index (χ1n) is 33.2. The smallest absolute Gasteiger partial charge is 0.306 e. The molecule has 0 aromatic rings. The maximum Gasteiger partial charge on any atom is 0.306 e. The Kier molecular flexibility index (Phi) is 62.7. The minimum Gasteiger partial charge on any atom is -0.462 e. The molecule has 6 heteroatoms. The standard InChI is InChI=1S/C72H124O6/c1-4-7-10-13-16-19-22-25-28-31-34-36-38-41-44-47-50-53-56-59-62-65-71(74)77-68-69(67-76-70(73)64-61-58-55-52-49-46-43-40-33-30-27-24-21-18-15-12-9-6-3)78-72(75)66-63-60-57-54-51-48-45-42-39-37-35-32-29-26-23-20-17-14-11-8-5-2/h7,10,16,19,23,25-26,28,30,32-36,41,44,69H,4-6,8-9,11-15,17-18,20-22,24,27,29,31,37-40,42-43,45-68H2,1-3H3/b10-7-,19-16-,26-23-,28-25-,33-30-,35-32-,36-34-,44-41-. The minimum atomic E-state index is -0.793. The van der Waals surface area contributed by atoms with Crippen molar-refractivity contribution in [1.82, 2.24) is 0 Å². The molecule has 1 unspecified atom stereocenters. The predicted molar refractivity (Wildman–Crippen MR) is 339 cm³/mol. The molecule has 0 N–H and O–H groups in total. The lowest BCUT2D eigenvalue weighted by Crippen LogP contribution is -2.30. The molecule has 0 amide bonds. The third-order valence-electron chi connectivity index (χ3n) is 14.3. The van der Waals surface area contributed by atoms with Crippen LogP contribution < -0.4 is 0 Å². The van der Waals surface area contributed by atoms with E-state index in [4.69, 9.17) is 14.2 Å². The molecular weight excluding hydrogens is 961 g/mol. The number of ether oxygens (including phenoxy) is 3. The minimum absolute atomic E-state index is 0.0871. The maximum absolute atomic E-state index is 12.9. The fraction of sp³-hybridized carbons (Fsp3) is 0.736. The highest BCUT2D eigenvalue weighted by molar-refractivity contribution is 5.71. The van der Waals surface area contributed by atoms with Gasteiger partial charge in [-0.25, -0.2) is 0 Å². The Labute approximate surface area is 483 Å². The number of rotatable bonds is 60. The van der Waals surface area contributed by atoms with Gasteiger partial charge < -0.3 is 14.2 Å². The number of hydrogen-bond donors (Lipinski definition) is 0. The van der Waals surface area contributed by atoms with Crippen molar-refractivity contribution in [1.29, 1.82) is 0 Å². The van der Waals surface area contributed by atoms with E-state index in [1.807, 2.05) is 0 Å². The molecule has 0 spiro atoms. The SMILES string of the molecule is CC/C=C\C/C=C\C/C=C\C/C=C\C/C=C\CCCCCCCC(=O)OCC(COC(=O)CCCCCCCCC/C=C\CCCCCCCCC)OC(=O)CCCCCCCCCCC/C=C\C/C=C\CCCCCCC. The van der Waals surface area contributed by atoms with Crippen molar-refractivity contribution in [3.8, 4) is 0 Å². The van der Waals surface area contributed by atoms with Crippen LogP contribution in [0, 0.1) is 0 Å². The highest BCUT2D eigenvalue weighted by atomic mass is 16.6. The van der Waals surface area contributed by atoms with Crippen LogP contribution in [-0.4, -0.2) is 37.2 Å². The summed E-state index contributed by atoms with van der Waals surface area (Å²) in [5.41, 5.74) is 0. The second kappa shape index (κ2) is 65.8. The van der Waals surface area contributed by atoms with Gasteiger partial charge in [0.05, 0.1) is 0 Å². The second-order valence-electron chi connectivity index (χ2n) is 22.0. The molecule has 78 heavy (non-hydrogen) atoms. The number of hydrogen-bond acceptors (Lipinski definition) is 6. The van der Waals surface area contributed by atoms with Crippen molar-refractivity contribution >= 4 is 17.9 Å². The Morgan fingerprint density at radius 1 is 0.269 bits per heavy atom. The van der Waals surface area contributed by atoms with Gasteiger partial charge in [0, 0.05) is 19.3 Å². The van der Waals surface area contributed by atoms with Gasteiger partial charge in [-0.3, -0.25) is 14.4 Å². The summed E-state index contributed by atoms with van der Waals surface area (Å²) in [7, 11) is 0. The highest BCUT2D eigenvalue weighted by Crippen LogP contribution is 2.16.